The summed E-state index contributed by atoms with van der Waals surface area (Å²) in [6.45, 7) is 4.06. The van der Waals surface area contributed by atoms with Crippen LogP contribution in [0.5, 0.6) is 11.6 Å². The lowest BCUT2D eigenvalue weighted by molar-refractivity contribution is 0.00722. The van der Waals surface area contributed by atoms with Crippen LogP contribution in [0.3, 0.4) is 0 Å². The number of hydrogen-bond donors (Lipinski definition) is 0. The normalized spacial score (nSPS) is 17.4. The van der Waals surface area contributed by atoms with Gasteiger partial charge >= 0.3 is 0 Å². The predicted molar refractivity (Wildman–Crippen MR) is 99.0 cm³/mol. The topological polar surface area (TPSA) is 51.7 Å². The molecule has 0 radical (unpaired) electrons. The van der Waals surface area contributed by atoms with Crippen LogP contribution >= 0.6 is 15.9 Å². The molecule has 1 unspecified atom stereocenters. The molecule has 1 atom stereocenters. The van der Waals surface area contributed by atoms with Gasteiger partial charge in [-0.3, -0.25) is 4.79 Å². The van der Waals surface area contributed by atoms with Crippen LogP contribution in [0, 0.1) is 0 Å². The van der Waals surface area contributed by atoms with Crippen LogP contribution in [0.4, 0.5) is 0 Å². The molecule has 132 valence electrons. The summed E-state index contributed by atoms with van der Waals surface area (Å²) in [5, 5.41) is 0. The molecule has 1 saturated heterocycles. The van der Waals surface area contributed by atoms with Crippen LogP contribution in [-0.4, -0.2) is 41.6 Å². The first-order valence-electron chi connectivity index (χ1n) is 8.46. The molecule has 0 saturated carbocycles. The summed E-state index contributed by atoms with van der Waals surface area (Å²) < 4.78 is 12.3. The molecule has 0 bridgehead atoms. The summed E-state index contributed by atoms with van der Waals surface area (Å²) in [5.41, 5.74) is 0.568. The first-order chi connectivity index (χ1) is 12.2. The molecule has 6 heteroatoms. The molecule has 1 aliphatic rings. The molecule has 5 nitrogen and oxygen atoms in total. The average Bonchev–Trinajstić information content (AvgIpc) is 2.62. The SMILES string of the molecule is CCOC1CCCN(C(=O)c2ccc(Oc3cccc(Br)c3)nc2)C1. The fraction of sp³-hybridized carbons (Fsp3) is 0.368. The second-order valence-corrected chi connectivity index (χ2v) is 6.83. The molecular formula is C19H21BrN2O3. The maximum atomic E-state index is 12.6. The van der Waals surface area contributed by atoms with Crippen LogP contribution in [0.2, 0.25) is 0 Å². The van der Waals surface area contributed by atoms with Gasteiger partial charge < -0.3 is 14.4 Å². The Morgan fingerprint density at radius 3 is 2.96 bits per heavy atom. The van der Waals surface area contributed by atoms with Gasteiger partial charge in [0.1, 0.15) is 5.75 Å². The molecule has 2 aromatic rings. The highest BCUT2D eigenvalue weighted by molar-refractivity contribution is 9.10. The van der Waals surface area contributed by atoms with Gasteiger partial charge in [-0.05, 0) is 44.0 Å². The Balaban J connectivity index is 1.64. The van der Waals surface area contributed by atoms with Crippen LogP contribution in [0.1, 0.15) is 30.1 Å². The van der Waals surface area contributed by atoms with E-state index in [1.54, 1.807) is 18.3 Å². The van der Waals surface area contributed by atoms with E-state index < -0.39 is 0 Å². The number of hydrogen-bond acceptors (Lipinski definition) is 4. The van der Waals surface area contributed by atoms with E-state index in [2.05, 4.69) is 20.9 Å². The molecule has 1 amide bonds. The van der Waals surface area contributed by atoms with Crippen LogP contribution in [0.15, 0.2) is 47.1 Å². The predicted octanol–water partition coefficient (Wildman–Crippen LogP) is 4.28. The van der Waals surface area contributed by atoms with E-state index in [0.717, 1.165) is 23.9 Å². The fourth-order valence-corrected chi connectivity index (χ4v) is 3.27. The highest BCUT2D eigenvalue weighted by Gasteiger charge is 2.24. The second kappa shape index (κ2) is 8.45. The number of rotatable bonds is 5. The minimum Gasteiger partial charge on any atom is -0.439 e. The zero-order valence-corrected chi connectivity index (χ0v) is 15.7. The maximum Gasteiger partial charge on any atom is 0.255 e. The number of amides is 1. The van der Waals surface area contributed by atoms with Crippen LogP contribution in [0.25, 0.3) is 0 Å². The van der Waals surface area contributed by atoms with Crippen molar-refractivity contribution < 1.29 is 14.3 Å². The number of benzene rings is 1. The third kappa shape index (κ3) is 4.80. The quantitative estimate of drug-likeness (QED) is 0.745. The smallest absolute Gasteiger partial charge is 0.255 e. The number of carbonyl (C=O) groups excluding carboxylic acids is 1. The van der Waals surface area contributed by atoms with Crippen molar-refractivity contribution in [1.82, 2.24) is 9.88 Å². The van der Waals surface area contributed by atoms with Crippen molar-refractivity contribution in [3.8, 4) is 11.6 Å². The van der Waals surface area contributed by atoms with Gasteiger partial charge in [-0.25, -0.2) is 4.98 Å². The zero-order valence-electron chi connectivity index (χ0n) is 14.2. The van der Waals surface area contributed by atoms with E-state index in [1.165, 1.54) is 0 Å². The monoisotopic (exact) mass is 404 g/mol. The van der Waals surface area contributed by atoms with Gasteiger partial charge in [-0.15, -0.1) is 0 Å². The molecular weight excluding hydrogens is 384 g/mol. The van der Waals surface area contributed by atoms with Gasteiger partial charge in [0.25, 0.3) is 5.91 Å². The largest absolute Gasteiger partial charge is 0.439 e. The van der Waals surface area contributed by atoms with E-state index in [0.29, 0.717) is 30.3 Å². The van der Waals surface area contributed by atoms with Crippen LogP contribution in [-0.2, 0) is 4.74 Å². The van der Waals surface area contributed by atoms with E-state index in [4.69, 9.17) is 9.47 Å². The van der Waals surface area contributed by atoms with Crippen molar-refractivity contribution in [2.45, 2.75) is 25.9 Å². The molecule has 0 aliphatic carbocycles. The van der Waals surface area contributed by atoms with Gasteiger partial charge in [0, 0.05) is 36.4 Å². The lowest BCUT2D eigenvalue weighted by atomic mass is 10.1. The third-order valence-corrected chi connectivity index (χ3v) is 4.56. The van der Waals surface area contributed by atoms with E-state index in [9.17, 15) is 4.79 Å². The molecule has 25 heavy (non-hydrogen) atoms. The summed E-state index contributed by atoms with van der Waals surface area (Å²) in [6, 6.07) is 11.0. The van der Waals surface area contributed by atoms with E-state index in [1.807, 2.05) is 36.1 Å². The Kier molecular flexibility index (Phi) is 6.04. The lowest BCUT2D eigenvalue weighted by Crippen LogP contribution is -2.43. The minimum atomic E-state index is -0.00842. The van der Waals surface area contributed by atoms with Crippen molar-refractivity contribution in [2.75, 3.05) is 19.7 Å². The highest BCUT2D eigenvalue weighted by Crippen LogP contribution is 2.23. The summed E-state index contributed by atoms with van der Waals surface area (Å²) in [6.07, 6.45) is 3.68. The molecule has 3 rings (SSSR count). The number of carbonyl (C=O) groups is 1. The number of nitrogens with zero attached hydrogens (tertiary/aromatic N) is 2. The first-order valence-corrected chi connectivity index (χ1v) is 9.25. The minimum absolute atomic E-state index is 0.00842. The summed E-state index contributed by atoms with van der Waals surface area (Å²) in [7, 11) is 0. The number of pyridine rings is 1. The van der Waals surface area contributed by atoms with Crippen molar-refractivity contribution in [1.29, 1.82) is 0 Å². The highest BCUT2D eigenvalue weighted by atomic mass is 79.9. The summed E-state index contributed by atoms with van der Waals surface area (Å²) >= 11 is 3.41. The molecule has 1 aromatic carbocycles. The fourth-order valence-electron chi connectivity index (χ4n) is 2.90. The Hall–Kier alpha value is -1.92. The van der Waals surface area contributed by atoms with Gasteiger partial charge in [0.15, 0.2) is 0 Å². The van der Waals surface area contributed by atoms with E-state index in [-0.39, 0.29) is 12.0 Å². The number of ether oxygens (including phenoxy) is 2. The maximum absolute atomic E-state index is 12.6. The van der Waals surface area contributed by atoms with Crippen molar-refractivity contribution >= 4 is 21.8 Å². The number of piperidine rings is 1. The standard InChI is InChI=1S/C19H21BrN2O3/c1-2-24-17-7-4-10-22(13-17)19(23)14-8-9-18(21-12-14)25-16-6-3-5-15(20)11-16/h3,5-6,8-9,11-12,17H,2,4,7,10,13H2,1H3. The zero-order chi connectivity index (χ0) is 17.6. The molecule has 1 aromatic heterocycles. The first kappa shape index (κ1) is 17.9. The average molecular weight is 405 g/mol. The van der Waals surface area contributed by atoms with Gasteiger partial charge in [-0.2, -0.15) is 0 Å². The molecule has 2 heterocycles. The van der Waals surface area contributed by atoms with Crippen molar-refractivity contribution in [3.05, 3.63) is 52.6 Å². The Morgan fingerprint density at radius 1 is 1.36 bits per heavy atom. The molecule has 0 N–H and O–H groups in total. The Bertz CT molecular complexity index is 719. The lowest BCUT2D eigenvalue weighted by Gasteiger charge is -2.32. The second-order valence-electron chi connectivity index (χ2n) is 5.92. The van der Waals surface area contributed by atoms with Crippen LogP contribution < -0.4 is 4.74 Å². The summed E-state index contributed by atoms with van der Waals surface area (Å²) in [4.78, 5) is 18.7. The molecule has 1 fully saturated rings. The third-order valence-electron chi connectivity index (χ3n) is 4.07. The van der Waals surface area contributed by atoms with Crippen molar-refractivity contribution in [2.24, 2.45) is 0 Å². The number of halogens is 1. The van der Waals surface area contributed by atoms with Gasteiger partial charge in [0.2, 0.25) is 5.88 Å². The Labute approximate surface area is 156 Å². The van der Waals surface area contributed by atoms with Crippen molar-refractivity contribution in [3.63, 3.8) is 0 Å². The molecule has 1 aliphatic heterocycles. The number of likely N-dealkylation sites (tertiary alicyclic amines) is 1. The molecule has 0 spiro atoms. The van der Waals surface area contributed by atoms with E-state index >= 15 is 0 Å². The Morgan fingerprint density at radius 2 is 2.24 bits per heavy atom. The number of aromatic nitrogens is 1. The van der Waals surface area contributed by atoms with Gasteiger partial charge in [-0.1, -0.05) is 22.0 Å². The van der Waals surface area contributed by atoms with Gasteiger partial charge in [0.05, 0.1) is 11.7 Å². The summed E-state index contributed by atoms with van der Waals surface area (Å²) in [5.74, 6) is 1.14.